The Morgan fingerprint density at radius 1 is 0.750 bits per heavy atom. The summed E-state index contributed by atoms with van der Waals surface area (Å²) in [5, 5.41) is 0. The molecule has 0 bridgehead atoms. The Morgan fingerprint density at radius 2 is 1.31 bits per heavy atom. The molecular weight excluding hydrogens is 398 g/mol. The second-order valence-electron chi connectivity index (χ2n) is 7.85. The van der Waals surface area contributed by atoms with Crippen molar-refractivity contribution >= 4 is 17.1 Å². The first-order valence-corrected chi connectivity index (χ1v) is 10.9. The average molecular weight is 430 g/mol. The molecule has 0 aliphatic rings. The van der Waals surface area contributed by atoms with Gasteiger partial charge in [0.2, 0.25) is 0 Å². The molecule has 0 saturated heterocycles. The number of hydrogen-bond acceptors (Lipinski definition) is 4. The maximum absolute atomic E-state index is 11.4. The first-order valence-electron chi connectivity index (χ1n) is 10.9. The van der Waals surface area contributed by atoms with Crippen LogP contribution in [-0.4, -0.2) is 44.7 Å². The van der Waals surface area contributed by atoms with Crippen LogP contribution in [0, 0.1) is 0 Å². The lowest BCUT2D eigenvalue weighted by Gasteiger charge is -2.18. The molecule has 0 spiro atoms. The molecule has 0 amide bonds. The maximum Gasteiger partial charge on any atom is 0.302 e. The van der Waals surface area contributed by atoms with Crippen molar-refractivity contribution in [2.24, 2.45) is 0 Å². The largest absolute Gasteiger partial charge is 0.492 e. The Morgan fingerprint density at radius 3 is 1.88 bits per heavy atom. The topological polar surface area (TPSA) is 38.8 Å². The molecule has 166 valence electrons. The molecule has 0 unspecified atom stereocenters. The highest BCUT2D eigenvalue weighted by atomic mass is 16.5. The highest BCUT2D eigenvalue weighted by Gasteiger charge is 2.15. The number of carbonyl (C=O) groups excluding carboxylic acids is 1. The van der Waals surface area contributed by atoms with E-state index in [-0.39, 0.29) is 5.97 Å². The Bertz CT molecular complexity index is 1010. The van der Waals surface area contributed by atoms with Crippen molar-refractivity contribution in [1.82, 2.24) is 4.90 Å². The minimum Gasteiger partial charge on any atom is -0.492 e. The number of ether oxygens (including phenoxy) is 2. The van der Waals surface area contributed by atoms with Gasteiger partial charge in [-0.15, -0.1) is 0 Å². The van der Waals surface area contributed by atoms with Gasteiger partial charge in [0.1, 0.15) is 12.4 Å². The summed E-state index contributed by atoms with van der Waals surface area (Å²) in [6.07, 6.45) is 0.620. The van der Waals surface area contributed by atoms with Gasteiger partial charge < -0.3 is 14.4 Å². The SMILES string of the molecule is CC(=O)OCCC(=C(c1ccccc1)c1ccc(OCCN(C)C)cc1)c1ccccc1. The highest BCUT2D eigenvalue weighted by Crippen LogP contribution is 2.35. The summed E-state index contributed by atoms with van der Waals surface area (Å²) >= 11 is 0. The molecule has 0 heterocycles. The number of esters is 1. The zero-order chi connectivity index (χ0) is 22.8. The van der Waals surface area contributed by atoms with Crippen LogP contribution in [0.3, 0.4) is 0 Å². The second-order valence-corrected chi connectivity index (χ2v) is 7.85. The number of nitrogens with zero attached hydrogens (tertiary/aromatic N) is 1. The van der Waals surface area contributed by atoms with Gasteiger partial charge in [0, 0.05) is 19.9 Å². The Labute approximate surface area is 191 Å². The van der Waals surface area contributed by atoms with Crippen LogP contribution in [0.4, 0.5) is 0 Å². The monoisotopic (exact) mass is 429 g/mol. The lowest BCUT2D eigenvalue weighted by molar-refractivity contribution is -0.140. The summed E-state index contributed by atoms with van der Waals surface area (Å²) in [5.74, 6) is 0.585. The van der Waals surface area contributed by atoms with Crippen molar-refractivity contribution < 1.29 is 14.3 Å². The van der Waals surface area contributed by atoms with E-state index in [0.29, 0.717) is 19.6 Å². The first-order chi connectivity index (χ1) is 15.5. The predicted molar refractivity (Wildman–Crippen MR) is 131 cm³/mol. The summed E-state index contributed by atoms with van der Waals surface area (Å²) < 4.78 is 11.2. The molecule has 3 aromatic rings. The molecule has 0 radical (unpaired) electrons. The van der Waals surface area contributed by atoms with Gasteiger partial charge in [-0.25, -0.2) is 0 Å². The number of hydrogen-bond donors (Lipinski definition) is 0. The summed E-state index contributed by atoms with van der Waals surface area (Å²) in [5.41, 5.74) is 5.60. The lowest BCUT2D eigenvalue weighted by atomic mass is 9.88. The number of carbonyl (C=O) groups is 1. The van der Waals surface area contributed by atoms with E-state index in [2.05, 4.69) is 41.3 Å². The van der Waals surface area contributed by atoms with Gasteiger partial charge in [-0.3, -0.25) is 4.79 Å². The molecule has 0 aliphatic carbocycles. The number of likely N-dealkylation sites (N-methyl/N-ethyl adjacent to an activating group) is 1. The number of rotatable bonds is 10. The highest BCUT2D eigenvalue weighted by molar-refractivity contribution is 5.98. The van der Waals surface area contributed by atoms with Crippen LogP contribution in [-0.2, 0) is 9.53 Å². The van der Waals surface area contributed by atoms with Gasteiger partial charge in [0.05, 0.1) is 6.61 Å². The fourth-order valence-electron chi connectivity index (χ4n) is 3.53. The van der Waals surface area contributed by atoms with E-state index in [1.165, 1.54) is 6.92 Å². The van der Waals surface area contributed by atoms with Gasteiger partial charge in [-0.1, -0.05) is 72.8 Å². The van der Waals surface area contributed by atoms with Gasteiger partial charge in [0.15, 0.2) is 0 Å². The van der Waals surface area contributed by atoms with Crippen LogP contribution in [0.1, 0.15) is 30.0 Å². The van der Waals surface area contributed by atoms with Crippen molar-refractivity contribution in [3.8, 4) is 5.75 Å². The third-order valence-corrected chi connectivity index (χ3v) is 5.09. The molecule has 4 nitrogen and oxygen atoms in total. The third kappa shape index (κ3) is 6.82. The zero-order valence-corrected chi connectivity index (χ0v) is 19.1. The molecular formula is C28H31NO3. The summed E-state index contributed by atoms with van der Waals surface area (Å²) in [6.45, 7) is 3.29. The second kappa shape index (κ2) is 11.9. The van der Waals surface area contributed by atoms with Crippen LogP contribution in [0.2, 0.25) is 0 Å². The quantitative estimate of drug-likeness (QED) is 0.313. The predicted octanol–water partition coefficient (Wildman–Crippen LogP) is 5.54. The van der Waals surface area contributed by atoms with E-state index in [4.69, 9.17) is 9.47 Å². The van der Waals surface area contributed by atoms with Crippen LogP contribution >= 0.6 is 0 Å². The van der Waals surface area contributed by atoms with Crippen LogP contribution in [0.15, 0.2) is 84.9 Å². The van der Waals surface area contributed by atoms with Gasteiger partial charge in [-0.2, -0.15) is 0 Å². The molecule has 32 heavy (non-hydrogen) atoms. The Kier molecular flexibility index (Phi) is 8.64. The lowest BCUT2D eigenvalue weighted by Crippen LogP contribution is -2.19. The summed E-state index contributed by atoms with van der Waals surface area (Å²) in [6, 6.07) is 28.9. The van der Waals surface area contributed by atoms with Crippen molar-refractivity contribution in [2.75, 3.05) is 33.9 Å². The molecule has 4 heteroatoms. The van der Waals surface area contributed by atoms with E-state index >= 15 is 0 Å². The van der Waals surface area contributed by atoms with E-state index in [0.717, 1.165) is 40.1 Å². The molecule has 0 fully saturated rings. The number of benzene rings is 3. The summed E-state index contributed by atoms with van der Waals surface area (Å²) in [4.78, 5) is 13.5. The van der Waals surface area contributed by atoms with Crippen molar-refractivity contribution in [3.63, 3.8) is 0 Å². The van der Waals surface area contributed by atoms with Gasteiger partial charge in [-0.05, 0) is 54.1 Å². The average Bonchev–Trinajstić information content (AvgIpc) is 2.80. The molecule has 0 N–H and O–H groups in total. The zero-order valence-electron chi connectivity index (χ0n) is 19.1. The molecule has 3 rings (SSSR count). The summed E-state index contributed by atoms with van der Waals surface area (Å²) in [7, 11) is 4.06. The minimum atomic E-state index is -0.266. The van der Waals surface area contributed by atoms with Crippen LogP contribution < -0.4 is 4.74 Å². The Balaban J connectivity index is 2.02. The normalized spacial score (nSPS) is 11.8. The van der Waals surface area contributed by atoms with Crippen molar-refractivity contribution in [1.29, 1.82) is 0 Å². The van der Waals surface area contributed by atoms with Gasteiger partial charge >= 0.3 is 5.97 Å². The van der Waals surface area contributed by atoms with Crippen molar-refractivity contribution in [2.45, 2.75) is 13.3 Å². The molecule has 0 aromatic heterocycles. The van der Waals surface area contributed by atoms with E-state index in [1.54, 1.807) is 0 Å². The van der Waals surface area contributed by atoms with Crippen LogP contribution in [0.5, 0.6) is 5.75 Å². The van der Waals surface area contributed by atoms with Gasteiger partial charge in [0.25, 0.3) is 0 Å². The molecule has 0 aliphatic heterocycles. The fourth-order valence-corrected chi connectivity index (χ4v) is 3.53. The smallest absolute Gasteiger partial charge is 0.302 e. The Hall–Kier alpha value is -3.37. The molecule has 3 aromatic carbocycles. The van der Waals surface area contributed by atoms with Crippen molar-refractivity contribution in [3.05, 3.63) is 102 Å². The molecule has 0 atom stereocenters. The first kappa shape index (κ1) is 23.3. The maximum atomic E-state index is 11.4. The third-order valence-electron chi connectivity index (χ3n) is 5.09. The van der Waals surface area contributed by atoms with E-state index < -0.39 is 0 Å². The minimum absolute atomic E-state index is 0.266. The molecule has 0 saturated carbocycles. The standard InChI is InChI=1S/C28H31NO3/c1-22(30)31-20-18-27(23-10-6-4-7-11-23)28(24-12-8-5-9-13-24)25-14-16-26(17-15-25)32-21-19-29(2)3/h4-17H,18-21H2,1-3H3. The van der Waals surface area contributed by atoms with Crippen LogP contribution in [0.25, 0.3) is 11.1 Å². The van der Waals surface area contributed by atoms with E-state index in [9.17, 15) is 4.79 Å². The van der Waals surface area contributed by atoms with E-state index in [1.807, 2.05) is 62.6 Å². The fraction of sp³-hybridized carbons (Fsp3) is 0.250.